The number of hydrogen-bond donors (Lipinski definition) is 1. The number of nitrogens with zero attached hydrogens (tertiary/aromatic N) is 2. The molecule has 0 aliphatic heterocycles. The molecule has 0 radical (unpaired) electrons. The number of amides is 1. The molecule has 0 aliphatic rings. The first-order valence-corrected chi connectivity index (χ1v) is 6.76. The first-order valence-electron chi connectivity index (χ1n) is 6.76. The van der Waals surface area contributed by atoms with E-state index in [4.69, 9.17) is 0 Å². The maximum absolute atomic E-state index is 12.4. The first kappa shape index (κ1) is 15.4. The van der Waals surface area contributed by atoms with Gasteiger partial charge in [0.05, 0.1) is 6.07 Å². The number of aryl methyl sites for hydroxylation is 2. The summed E-state index contributed by atoms with van der Waals surface area (Å²) < 4.78 is 0. The molecular weight excluding hydrogens is 278 g/mol. The zero-order chi connectivity index (χ0) is 16.1. The van der Waals surface area contributed by atoms with Crippen LogP contribution in [0.4, 0.5) is 5.82 Å². The Balaban J connectivity index is 2.22. The van der Waals surface area contributed by atoms with Crippen LogP contribution in [-0.2, 0) is 4.79 Å². The van der Waals surface area contributed by atoms with Crippen molar-refractivity contribution in [2.45, 2.75) is 13.8 Å². The lowest BCUT2D eigenvalue weighted by Crippen LogP contribution is -2.29. The second-order valence-corrected chi connectivity index (χ2v) is 4.95. The molecule has 5 nitrogen and oxygen atoms in total. The van der Waals surface area contributed by atoms with Crippen LogP contribution >= 0.6 is 0 Å². The van der Waals surface area contributed by atoms with Crippen LogP contribution in [0.25, 0.3) is 0 Å². The largest absolute Gasteiger partial charge is 0.309 e. The number of aromatic nitrogens is 1. The summed E-state index contributed by atoms with van der Waals surface area (Å²) in [5, 5.41) is 11.7. The van der Waals surface area contributed by atoms with Gasteiger partial charge in [-0.25, -0.2) is 4.98 Å². The second-order valence-electron chi connectivity index (χ2n) is 4.95. The van der Waals surface area contributed by atoms with Gasteiger partial charge >= 0.3 is 0 Å². The van der Waals surface area contributed by atoms with Crippen LogP contribution in [0.5, 0.6) is 0 Å². The number of nitrogens with one attached hydrogen (secondary N) is 1. The van der Waals surface area contributed by atoms with Gasteiger partial charge in [0.1, 0.15) is 5.82 Å². The molecule has 110 valence electrons. The van der Waals surface area contributed by atoms with E-state index in [2.05, 4.69) is 10.3 Å². The summed E-state index contributed by atoms with van der Waals surface area (Å²) in [6, 6.07) is 12.0. The third-order valence-electron chi connectivity index (χ3n) is 3.22. The van der Waals surface area contributed by atoms with Gasteiger partial charge in [-0.3, -0.25) is 9.59 Å². The molecule has 2 aromatic rings. The Labute approximate surface area is 128 Å². The number of Topliss-reactive ketones (excluding diaryl/α,β-unsaturated/α-hetero) is 1. The Hall–Kier alpha value is -3.00. The smallest absolute Gasteiger partial charge is 0.250 e. The van der Waals surface area contributed by atoms with Gasteiger partial charge in [-0.05, 0) is 31.5 Å². The van der Waals surface area contributed by atoms with E-state index in [1.54, 1.807) is 43.3 Å². The summed E-state index contributed by atoms with van der Waals surface area (Å²) in [4.78, 5) is 28.5. The van der Waals surface area contributed by atoms with Crippen molar-refractivity contribution < 1.29 is 9.59 Å². The third kappa shape index (κ3) is 3.36. The Morgan fingerprint density at radius 3 is 2.59 bits per heavy atom. The quantitative estimate of drug-likeness (QED) is 0.694. The zero-order valence-corrected chi connectivity index (χ0v) is 12.3. The van der Waals surface area contributed by atoms with Crippen molar-refractivity contribution in [2.75, 3.05) is 5.32 Å². The second kappa shape index (κ2) is 6.64. The van der Waals surface area contributed by atoms with Gasteiger partial charge in [0.2, 0.25) is 0 Å². The standard InChI is InChI=1S/C17H15N3O2/c1-11-6-7-13(12(2)9-11)16(21)14(10-18)17(22)20-15-5-3-4-8-19-15/h3-9,14H,1-2H3,(H,19,20,22)/t14-/m1/s1. The number of rotatable bonds is 4. The summed E-state index contributed by atoms with van der Waals surface area (Å²) in [5.41, 5.74) is 2.14. The molecule has 1 amide bonds. The summed E-state index contributed by atoms with van der Waals surface area (Å²) in [6.45, 7) is 3.70. The van der Waals surface area contributed by atoms with E-state index in [1.807, 2.05) is 13.0 Å². The molecular formula is C17H15N3O2. The number of benzene rings is 1. The summed E-state index contributed by atoms with van der Waals surface area (Å²) in [7, 11) is 0. The van der Waals surface area contributed by atoms with E-state index in [-0.39, 0.29) is 0 Å². The molecule has 1 aromatic carbocycles. The van der Waals surface area contributed by atoms with Gasteiger partial charge in [0.15, 0.2) is 11.7 Å². The van der Waals surface area contributed by atoms with E-state index < -0.39 is 17.6 Å². The lowest BCUT2D eigenvalue weighted by Gasteiger charge is -2.11. The van der Waals surface area contributed by atoms with Crippen LogP contribution in [0.15, 0.2) is 42.6 Å². The van der Waals surface area contributed by atoms with Gasteiger partial charge in [-0.15, -0.1) is 0 Å². The van der Waals surface area contributed by atoms with Crippen molar-refractivity contribution in [2.24, 2.45) is 5.92 Å². The van der Waals surface area contributed by atoms with Crippen molar-refractivity contribution in [1.82, 2.24) is 4.98 Å². The highest BCUT2D eigenvalue weighted by molar-refractivity contribution is 6.15. The molecule has 1 aromatic heterocycles. The number of carbonyl (C=O) groups excluding carboxylic acids is 2. The Bertz CT molecular complexity index is 748. The molecule has 0 spiro atoms. The molecule has 1 N–H and O–H groups in total. The number of anilines is 1. The molecule has 0 saturated heterocycles. The van der Waals surface area contributed by atoms with Crippen LogP contribution in [-0.4, -0.2) is 16.7 Å². The molecule has 5 heteroatoms. The molecule has 0 saturated carbocycles. The molecule has 22 heavy (non-hydrogen) atoms. The van der Waals surface area contributed by atoms with Crippen molar-refractivity contribution in [1.29, 1.82) is 5.26 Å². The fourth-order valence-electron chi connectivity index (χ4n) is 2.12. The highest BCUT2D eigenvalue weighted by Crippen LogP contribution is 2.16. The minimum Gasteiger partial charge on any atom is -0.309 e. The molecule has 0 aliphatic carbocycles. The molecule has 0 fully saturated rings. The Morgan fingerprint density at radius 2 is 2.00 bits per heavy atom. The Kier molecular flexibility index (Phi) is 4.64. The predicted octanol–water partition coefficient (Wildman–Crippen LogP) is 2.66. The topological polar surface area (TPSA) is 82.8 Å². The number of ketones is 1. The van der Waals surface area contributed by atoms with Gasteiger partial charge in [0, 0.05) is 11.8 Å². The van der Waals surface area contributed by atoms with Gasteiger partial charge in [-0.1, -0.05) is 29.8 Å². The molecule has 1 atom stereocenters. The van der Waals surface area contributed by atoms with E-state index in [0.717, 1.165) is 11.1 Å². The van der Waals surface area contributed by atoms with Crippen molar-refractivity contribution in [3.8, 4) is 6.07 Å². The maximum Gasteiger partial charge on any atom is 0.250 e. The minimum absolute atomic E-state index is 0.307. The summed E-state index contributed by atoms with van der Waals surface area (Å²) in [5.74, 6) is -2.27. The van der Waals surface area contributed by atoms with E-state index in [0.29, 0.717) is 11.4 Å². The molecule has 0 unspecified atom stereocenters. The lowest BCUT2D eigenvalue weighted by atomic mass is 9.94. The predicted molar refractivity (Wildman–Crippen MR) is 82.2 cm³/mol. The molecule has 2 rings (SSSR count). The summed E-state index contributed by atoms with van der Waals surface area (Å²) in [6.07, 6.45) is 1.52. The number of carbonyl (C=O) groups is 2. The monoisotopic (exact) mass is 293 g/mol. The Morgan fingerprint density at radius 1 is 1.23 bits per heavy atom. The number of hydrogen-bond acceptors (Lipinski definition) is 4. The van der Waals surface area contributed by atoms with Crippen LogP contribution in [0.2, 0.25) is 0 Å². The van der Waals surface area contributed by atoms with E-state index >= 15 is 0 Å². The van der Waals surface area contributed by atoms with E-state index in [9.17, 15) is 14.9 Å². The number of nitriles is 1. The summed E-state index contributed by atoms with van der Waals surface area (Å²) >= 11 is 0. The van der Waals surface area contributed by atoms with Crippen molar-refractivity contribution >= 4 is 17.5 Å². The SMILES string of the molecule is Cc1ccc(C(=O)[C@@H](C#N)C(=O)Nc2ccccn2)c(C)c1. The van der Waals surface area contributed by atoms with Gasteiger partial charge in [0.25, 0.3) is 5.91 Å². The first-order chi connectivity index (χ1) is 10.5. The van der Waals surface area contributed by atoms with Crippen LogP contribution in [0.1, 0.15) is 21.5 Å². The van der Waals surface area contributed by atoms with Gasteiger partial charge in [-0.2, -0.15) is 5.26 Å². The fraction of sp³-hybridized carbons (Fsp3) is 0.176. The third-order valence-corrected chi connectivity index (χ3v) is 3.22. The minimum atomic E-state index is -1.40. The van der Waals surface area contributed by atoms with Crippen LogP contribution < -0.4 is 5.32 Å². The fourth-order valence-corrected chi connectivity index (χ4v) is 2.12. The highest BCUT2D eigenvalue weighted by Gasteiger charge is 2.28. The van der Waals surface area contributed by atoms with Crippen molar-refractivity contribution in [3.63, 3.8) is 0 Å². The average Bonchev–Trinajstić information content (AvgIpc) is 2.48. The molecule has 0 bridgehead atoms. The van der Waals surface area contributed by atoms with Crippen LogP contribution in [0.3, 0.4) is 0 Å². The average molecular weight is 293 g/mol. The van der Waals surface area contributed by atoms with E-state index in [1.165, 1.54) is 6.20 Å². The maximum atomic E-state index is 12.4. The zero-order valence-electron chi connectivity index (χ0n) is 12.3. The normalized spacial score (nSPS) is 11.3. The van der Waals surface area contributed by atoms with Crippen molar-refractivity contribution in [3.05, 3.63) is 59.3 Å². The van der Waals surface area contributed by atoms with Gasteiger partial charge < -0.3 is 5.32 Å². The molecule has 1 heterocycles. The number of pyridine rings is 1. The van der Waals surface area contributed by atoms with Crippen LogP contribution in [0, 0.1) is 31.1 Å². The highest BCUT2D eigenvalue weighted by atomic mass is 16.2. The lowest BCUT2D eigenvalue weighted by molar-refractivity contribution is -0.117.